The molecular weight excluding hydrogens is 332 g/mol. The largest absolute Gasteiger partial charge is 0.339 e. The molecule has 5 heteroatoms. The smallest absolute Gasteiger partial charge is 0.265 e. The Labute approximate surface area is 152 Å². The standard InChI is InChI=1S/C20H24N2O2S/c1-22(17-7-4-2-3-5-8-17)20(24)15-10-12-16(13-11-15)21-19(23)18-9-6-14-25-18/h6,9-14,17H,2-5,7-8H2,1H3,(H,21,23). The van der Waals surface area contributed by atoms with Crippen molar-refractivity contribution in [1.29, 1.82) is 0 Å². The second-order valence-electron chi connectivity index (χ2n) is 6.57. The average Bonchev–Trinajstić information content (AvgIpc) is 3.04. The number of benzene rings is 1. The Bertz CT molecular complexity index is 702. The molecule has 2 amide bonds. The van der Waals surface area contributed by atoms with Gasteiger partial charge in [0.25, 0.3) is 11.8 Å². The number of carbonyl (C=O) groups is 2. The highest BCUT2D eigenvalue weighted by Crippen LogP contribution is 2.23. The molecule has 1 aliphatic rings. The summed E-state index contributed by atoms with van der Waals surface area (Å²) in [6.45, 7) is 0. The molecule has 4 nitrogen and oxygen atoms in total. The predicted molar refractivity (Wildman–Crippen MR) is 102 cm³/mol. The third-order valence-corrected chi connectivity index (χ3v) is 5.70. The molecule has 0 atom stereocenters. The van der Waals surface area contributed by atoms with Gasteiger partial charge in [-0.05, 0) is 48.6 Å². The van der Waals surface area contributed by atoms with Crippen LogP contribution in [0.15, 0.2) is 41.8 Å². The van der Waals surface area contributed by atoms with Crippen molar-refractivity contribution in [3.63, 3.8) is 0 Å². The maximum Gasteiger partial charge on any atom is 0.265 e. The van der Waals surface area contributed by atoms with E-state index in [1.807, 2.05) is 23.4 Å². The van der Waals surface area contributed by atoms with E-state index >= 15 is 0 Å². The van der Waals surface area contributed by atoms with E-state index in [1.54, 1.807) is 30.3 Å². The molecule has 0 radical (unpaired) electrons. The van der Waals surface area contributed by atoms with Crippen LogP contribution in [0.3, 0.4) is 0 Å². The molecule has 3 rings (SSSR count). The first kappa shape index (κ1) is 17.7. The number of carbonyl (C=O) groups excluding carboxylic acids is 2. The normalized spacial score (nSPS) is 15.4. The lowest BCUT2D eigenvalue weighted by atomic mass is 10.1. The Morgan fingerprint density at radius 1 is 1.04 bits per heavy atom. The molecule has 0 aliphatic heterocycles. The van der Waals surface area contributed by atoms with E-state index in [0.29, 0.717) is 22.2 Å². The van der Waals surface area contributed by atoms with Crippen LogP contribution in [0.4, 0.5) is 5.69 Å². The highest BCUT2D eigenvalue weighted by atomic mass is 32.1. The van der Waals surface area contributed by atoms with Gasteiger partial charge in [0, 0.05) is 24.3 Å². The van der Waals surface area contributed by atoms with Gasteiger partial charge in [0.05, 0.1) is 4.88 Å². The predicted octanol–water partition coefficient (Wildman–Crippen LogP) is 4.80. The van der Waals surface area contributed by atoms with Crippen molar-refractivity contribution < 1.29 is 9.59 Å². The van der Waals surface area contributed by atoms with Gasteiger partial charge in [0.15, 0.2) is 0 Å². The van der Waals surface area contributed by atoms with Crippen molar-refractivity contribution >= 4 is 28.8 Å². The summed E-state index contributed by atoms with van der Waals surface area (Å²) in [5, 5.41) is 4.73. The minimum Gasteiger partial charge on any atom is -0.339 e. The molecule has 0 spiro atoms. The third kappa shape index (κ3) is 4.48. The van der Waals surface area contributed by atoms with Crippen LogP contribution < -0.4 is 5.32 Å². The van der Waals surface area contributed by atoms with Crippen LogP contribution in [0.2, 0.25) is 0 Å². The van der Waals surface area contributed by atoms with Crippen LogP contribution in [0.25, 0.3) is 0 Å². The van der Waals surface area contributed by atoms with Crippen molar-refractivity contribution in [3.05, 3.63) is 52.2 Å². The van der Waals surface area contributed by atoms with E-state index in [1.165, 1.54) is 37.0 Å². The highest BCUT2D eigenvalue weighted by Gasteiger charge is 2.22. The minimum absolute atomic E-state index is 0.0584. The number of rotatable bonds is 4. The second-order valence-corrected chi connectivity index (χ2v) is 7.52. The molecule has 1 heterocycles. The van der Waals surface area contributed by atoms with Gasteiger partial charge >= 0.3 is 0 Å². The summed E-state index contributed by atoms with van der Waals surface area (Å²) in [5.74, 6) is -0.0623. The van der Waals surface area contributed by atoms with Gasteiger partial charge in [0.1, 0.15) is 0 Å². The van der Waals surface area contributed by atoms with Crippen LogP contribution in [0.5, 0.6) is 0 Å². The molecule has 1 N–H and O–H groups in total. The molecule has 1 fully saturated rings. The molecule has 0 bridgehead atoms. The molecule has 1 aliphatic carbocycles. The van der Waals surface area contributed by atoms with Crippen LogP contribution in [0, 0.1) is 0 Å². The van der Waals surface area contributed by atoms with Gasteiger partial charge in [-0.1, -0.05) is 31.7 Å². The van der Waals surface area contributed by atoms with Gasteiger partial charge in [-0.3, -0.25) is 9.59 Å². The maximum atomic E-state index is 12.7. The second kappa shape index (κ2) is 8.30. The zero-order chi connectivity index (χ0) is 17.6. The fourth-order valence-corrected chi connectivity index (χ4v) is 3.93. The number of anilines is 1. The van der Waals surface area contributed by atoms with E-state index in [2.05, 4.69) is 5.32 Å². The van der Waals surface area contributed by atoms with Gasteiger partial charge in [0.2, 0.25) is 0 Å². The Balaban J connectivity index is 1.62. The maximum absolute atomic E-state index is 12.7. The number of hydrogen-bond donors (Lipinski definition) is 1. The number of thiophene rings is 1. The van der Waals surface area contributed by atoms with Gasteiger partial charge in [-0.2, -0.15) is 0 Å². The van der Waals surface area contributed by atoms with Crippen molar-refractivity contribution in [2.45, 2.75) is 44.6 Å². The van der Waals surface area contributed by atoms with Crippen LogP contribution >= 0.6 is 11.3 Å². The summed E-state index contributed by atoms with van der Waals surface area (Å²) < 4.78 is 0. The molecule has 1 aromatic heterocycles. The first-order valence-corrected chi connectivity index (χ1v) is 9.75. The SMILES string of the molecule is CN(C(=O)c1ccc(NC(=O)c2cccs2)cc1)C1CCCCCC1. The first-order chi connectivity index (χ1) is 12.1. The number of hydrogen-bond acceptors (Lipinski definition) is 3. The van der Waals surface area contributed by atoms with E-state index < -0.39 is 0 Å². The summed E-state index contributed by atoms with van der Waals surface area (Å²) >= 11 is 1.41. The molecule has 0 saturated heterocycles. The third-order valence-electron chi connectivity index (χ3n) is 4.83. The number of nitrogens with one attached hydrogen (secondary N) is 1. The average molecular weight is 356 g/mol. The summed E-state index contributed by atoms with van der Waals surface area (Å²) in [5.41, 5.74) is 1.37. The minimum atomic E-state index is -0.121. The van der Waals surface area contributed by atoms with Crippen molar-refractivity contribution in [1.82, 2.24) is 4.90 Å². The Hall–Kier alpha value is -2.14. The lowest BCUT2D eigenvalue weighted by Crippen LogP contribution is -2.36. The number of nitrogens with zero attached hydrogens (tertiary/aromatic N) is 1. The van der Waals surface area contributed by atoms with Gasteiger partial charge < -0.3 is 10.2 Å². The fourth-order valence-electron chi connectivity index (χ4n) is 3.31. The summed E-state index contributed by atoms with van der Waals surface area (Å²) in [6.07, 6.45) is 7.15. The molecule has 2 aromatic rings. The zero-order valence-corrected chi connectivity index (χ0v) is 15.3. The first-order valence-electron chi connectivity index (χ1n) is 8.87. The topological polar surface area (TPSA) is 49.4 Å². The molecule has 1 saturated carbocycles. The lowest BCUT2D eigenvalue weighted by Gasteiger charge is -2.27. The molecule has 25 heavy (non-hydrogen) atoms. The Morgan fingerprint density at radius 2 is 1.72 bits per heavy atom. The fraction of sp³-hybridized carbons (Fsp3) is 0.400. The lowest BCUT2D eigenvalue weighted by molar-refractivity contribution is 0.0717. The van der Waals surface area contributed by atoms with Crippen LogP contribution in [-0.4, -0.2) is 29.8 Å². The summed E-state index contributed by atoms with van der Waals surface area (Å²) in [6, 6.07) is 11.1. The Kier molecular flexibility index (Phi) is 5.87. The zero-order valence-electron chi connectivity index (χ0n) is 14.5. The summed E-state index contributed by atoms with van der Waals surface area (Å²) in [7, 11) is 1.91. The molecular formula is C20H24N2O2S. The molecule has 0 unspecified atom stereocenters. The quantitative estimate of drug-likeness (QED) is 0.800. The molecule has 132 valence electrons. The van der Waals surface area contributed by atoms with Crippen LogP contribution in [-0.2, 0) is 0 Å². The van der Waals surface area contributed by atoms with Crippen molar-refractivity contribution in [2.24, 2.45) is 0 Å². The van der Waals surface area contributed by atoms with Gasteiger partial charge in [-0.15, -0.1) is 11.3 Å². The summed E-state index contributed by atoms with van der Waals surface area (Å²) in [4.78, 5) is 27.3. The number of amides is 2. The monoisotopic (exact) mass is 356 g/mol. The highest BCUT2D eigenvalue weighted by molar-refractivity contribution is 7.12. The molecule has 1 aromatic carbocycles. The van der Waals surface area contributed by atoms with Crippen molar-refractivity contribution in [2.75, 3.05) is 12.4 Å². The van der Waals surface area contributed by atoms with Gasteiger partial charge in [-0.25, -0.2) is 0 Å². The van der Waals surface area contributed by atoms with Crippen LogP contribution in [0.1, 0.15) is 58.6 Å². The van der Waals surface area contributed by atoms with E-state index in [-0.39, 0.29) is 11.8 Å². The van der Waals surface area contributed by atoms with E-state index in [4.69, 9.17) is 0 Å². The Morgan fingerprint density at radius 3 is 2.32 bits per heavy atom. The van der Waals surface area contributed by atoms with Crippen molar-refractivity contribution in [3.8, 4) is 0 Å². The van der Waals surface area contributed by atoms with E-state index in [9.17, 15) is 9.59 Å². The van der Waals surface area contributed by atoms with E-state index in [0.717, 1.165) is 12.8 Å².